The highest BCUT2D eigenvalue weighted by Crippen LogP contribution is 2.20. The number of carbonyl (C=O) groups excluding carboxylic acids is 2. The first-order valence-electron chi connectivity index (χ1n) is 11.4. The molecule has 7 heteroatoms. The van der Waals surface area contributed by atoms with Crippen LogP contribution < -0.4 is 0 Å². The van der Waals surface area contributed by atoms with Crippen LogP contribution in [0.5, 0.6) is 0 Å². The molecule has 0 unspecified atom stereocenters. The van der Waals surface area contributed by atoms with Crippen molar-refractivity contribution in [3.05, 3.63) is 93.2 Å². The Hall–Kier alpha value is -3.06. The van der Waals surface area contributed by atoms with Crippen LogP contribution in [-0.2, 0) is 17.9 Å². The van der Waals surface area contributed by atoms with E-state index in [2.05, 4.69) is 0 Å². The summed E-state index contributed by atoms with van der Waals surface area (Å²) < 4.78 is 26.8. The molecule has 2 amide bonds. The Kier molecular flexibility index (Phi) is 8.93. The number of nitrogens with zero attached hydrogens (tertiary/aromatic N) is 2. The molecule has 1 aromatic heterocycles. The Morgan fingerprint density at radius 2 is 1.50 bits per heavy atom. The lowest BCUT2D eigenvalue weighted by atomic mass is 10.1. The van der Waals surface area contributed by atoms with E-state index in [1.807, 2.05) is 32.9 Å². The first-order chi connectivity index (χ1) is 16.2. The fourth-order valence-electron chi connectivity index (χ4n) is 3.56. The first-order valence-corrected chi connectivity index (χ1v) is 12.2. The van der Waals surface area contributed by atoms with E-state index in [0.29, 0.717) is 25.2 Å². The molecule has 3 aromatic rings. The van der Waals surface area contributed by atoms with E-state index in [4.69, 9.17) is 0 Å². The van der Waals surface area contributed by atoms with Gasteiger partial charge in [-0.15, -0.1) is 11.3 Å². The molecule has 2 aromatic carbocycles. The molecule has 3 rings (SSSR count). The molecule has 1 atom stereocenters. The minimum Gasteiger partial charge on any atom is -0.332 e. The minimum atomic E-state index is -0.419. The van der Waals surface area contributed by atoms with Gasteiger partial charge in [0, 0.05) is 28.4 Å². The zero-order valence-corrected chi connectivity index (χ0v) is 20.6. The minimum absolute atomic E-state index is 0.0912. The molecule has 0 bridgehead atoms. The van der Waals surface area contributed by atoms with E-state index in [1.165, 1.54) is 36.4 Å². The first kappa shape index (κ1) is 25.6. The van der Waals surface area contributed by atoms with Crippen LogP contribution in [0, 0.1) is 24.5 Å². The summed E-state index contributed by atoms with van der Waals surface area (Å²) in [4.78, 5) is 32.1. The van der Waals surface area contributed by atoms with Crippen LogP contribution >= 0.6 is 11.3 Å². The number of thiophene rings is 1. The second-order valence-corrected chi connectivity index (χ2v) is 9.97. The predicted molar refractivity (Wildman–Crippen MR) is 131 cm³/mol. The smallest absolute Gasteiger partial charge is 0.254 e. The maximum absolute atomic E-state index is 13.5. The summed E-state index contributed by atoms with van der Waals surface area (Å²) in [6.45, 7) is 7.10. The maximum Gasteiger partial charge on any atom is 0.254 e. The van der Waals surface area contributed by atoms with Gasteiger partial charge < -0.3 is 9.80 Å². The van der Waals surface area contributed by atoms with Crippen molar-refractivity contribution in [2.75, 3.05) is 13.1 Å². The lowest BCUT2D eigenvalue weighted by Gasteiger charge is -2.29. The van der Waals surface area contributed by atoms with Gasteiger partial charge in [-0.05, 0) is 66.9 Å². The molecule has 4 nitrogen and oxygen atoms in total. The van der Waals surface area contributed by atoms with Crippen LogP contribution in [-0.4, -0.2) is 34.7 Å². The fraction of sp³-hybridized carbons (Fsp3) is 0.333. The van der Waals surface area contributed by atoms with Gasteiger partial charge in [0.05, 0.1) is 6.54 Å². The molecule has 0 aliphatic rings. The second kappa shape index (κ2) is 11.9. The van der Waals surface area contributed by atoms with Gasteiger partial charge in [0.1, 0.15) is 18.2 Å². The Bertz CT molecular complexity index is 1100. The predicted octanol–water partition coefficient (Wildman–Crippen LogP) is 6.05. The molecule has 0 aliphatic carbocycles. The molecule has 1 heterocycles. The van der Waals surface area contributed by atoms with E-state index in [1.54, 1.807) is 33.3 Å². The van der Waals surface area contributed by atoms with Crippen LogP contribution in [0.1, 0.15) is 45.9 Å². The van der Waals surface area contributed by atoms with Gasteiger partial charge in [0.2, 0.25) is 5.91 Å². The van der Waals surface area contributed by atoms with E-state index in [-0.39, 0.29) is 30.1 Å². The third-order valence-corrected chi connectivity index (χ3v) is 6.70. The van der Waals surface area contributed by atoms with Crippen LogP contribution in [0.2, 0.25) is 0 Å². The molecule has 0 aliphatic heterocycles. The molecule has 180 valence electrons. The number of halogens is 2. The van der Waals surface area contributed by atoms with Crippen LogP contribution in [0.4, 0.5) is 8.78 Å². The molecular formula is C27H30F2N2O2S. The topological polar surface area (TPSA) is 40.6 Å². The standard InChI is InChI=1S/C27H30F2N2O2S/c1-4-19(2)15-31(27(33)22-8-12-24(29)13-9-22)18-26(32)30(17-25-14-5-20(3)34-25)16-21-6-10-23(28)11-7-21/h5-14,19H,4,15-18H2,1-3H3/t19-/m0/s1. The largest absolute Gasteiger partial charge is 0.332 e. The zero-order chi connectivity index (χ0) is 24.7. The van der Waals surface area contributed by atoms with E-state index in [9.17, 15) is 18.4 Å². The Morgan fingerprint density at radius 3 is 2.06 bits per heavy atom. The Labute approximate surface area is 203 Å². The molecule has 0 spiro atoms. The van der Waals surface area contributed by atoms with Crippen LogP contribution in [0.15, 0.2) is 60.7 Å². The van der Waals surface area contributed by atoms with E-state index < -0.39 is 5.82 Å². The Morgan fingerprint density at radius 1 is 0.882 bits per heavy atom. The number of benzene rings is 2. The van der Waals surface area contributed by atoms with Gasteiger partial charge in [-0.3, -0.25) is 9.59 Å². The number of hydrogen-bond acceptors (Lipinski definition) is 3. The van der Waals surface area contributed by atoms with Gasteiger partial charge in [-0.25, -0.2) is 8.78 Å². The average Bonchev–Trinajstić information content (AvgIpc) is 3.24. The molecule has 0 N–H and O–H groups in total. The third kappa shape index (κ3) is 7.22. The number of aryl methyl sites for hydroxylation is 1. The van der Waals surface area contributed by atoms with Crippen molar-refractivity contribution in [1.82, 2.24) is 9.80 Å². The SMILES string of the molecule is CC[C@H](C)CN(CC(=O)N(Cc1ccc(F)cc1)Cc1ccc(C)s1)C(=O)c1ccc(F)cc1. The van der Waals surface area contributed by atoms with Gasteiger partial charge >= 0.3 is 0 Å². The molecule has 0 fully saturated rings. The summed E-state index contributed by atoms with van der Waals surface area (Å²) in [5.74, 6) is -1.06. The zero-order valence-electron chi connectivity index (χ0n) is 19.8. The number of amides is 2. The summed E-state index contributed by atoms with van der Waals surface area (Å²) in [6, 6.07) is 15.5. The van der Waals surface area contributed by atoms with Gasteiger partial charge in [0.25, 0.3) is 5.91 Å². The van der Waals surface area contributed by atoms with E-state index >= 15 is 0 Å². The lowest BCUT2D eigenvalue weighted by molar-refractivity contribution is -0.133. The molecule has 0 saturated heterocycles. The fourth-order valence-corrected chi connectivity index (χ4v) is 4.47. The van der Waals surface area contributed by atoms with Gasteiger partial charge in [-0.2, -0.15) is 0 Å². The highest BCUT2D eigenvalue weighted by molar-refractivity contribution is 7.11. The van der Waals surface area contributed by atoms with Crippen LogP contribution in [0.25, 0.3) is 0 Å². The normalized spacial score (nSPS) is 11.8. The molecule has 0 radical (unpaired) electrons. The monoisotopic (exact) mass is 484 g/mol. The van der Waals surface area contributed by atoms with E-state index in [0.717, 1.165) is 21.7 Å². The van der Waals surface area contributed by atoms with Crippen molar-refractivity contribution in [3.63, 3.8) is 0 Å². The summed E-state index contributed by atoms with van der Waals surface area (Å²) in [5, 5.41) is 0. The maximum atomic E-state index is 13.5. The summed E-state index contributed by atoms with van der Waals surface area (Å²) >= 11 is 1.61. The van der Waals surface area contributed by atoms with Crippen molar-refractivity contribution in [2.45, 2.75) is 40.3 Å². The summed E-state index contributed by atoms with van der Waals surface area (Å²) in [6.07, 6.45) is 0.856. The second-order valence-electron chi connectivity index (χ2n) is 8.59. The van der Waals surface area contributed by atoms with Crippen molar-refractivity contribution in [1.29, 1.82) is 0 Å². The number of rotatable bonds is 10. The summed E-state index contributed by atoms with van der Waals surface area (Å²) in [7, 11) is 0. The molecular weight excluding hydrogens is 454 g/mol. The van der Waals surface area contributed by atoms with Crippen molar-refractivity contribution >= 4 is 23.2 Å². The highest BCUT2D eigenvalue weighted by Gasteiger charge is 2.24. The third-order valence-electron chi connectivity index (χ3n) is 5.72. The summed E-state index contributed by atoms with van der Waals surface area (Å²) in [5.41, 5.74) is 1.15. The highest BCUT2D eigenvalue weighted by atomic mass is 32.1. The average molecular weight is 485 g/mol. The lowest BCUT2D eigenvalue weighted by Crippen LogP contribution is -2.44. The quantitative estimate of drug-likeness (QED) is 0.351. The van der Waals surface area contributed by atoms with Crippen molar-refractivity contribution < 1.29 is 18.4 Å². The molecule has 0 saturated carbocycles. The molecule has 34 heavy (non-hydrogen) atoms. The Balaban J connectivity index is 1.83. The van der Waals surface area contributed by atoms with Gasteiger partial charge in [0.15, 0.2) is 0 Å². The van der Waals surface area contributed by atoms with Crippen molar-refractivity contribution in [3.8, 4) is 0 Å². The van der Waals surface area contributed by atoms with Gasteiger partial charge in [-0.1, -0.05) is 32.4 Å². The van der Waals surface area contributed by atoms with Crippen LogP contribution in [0.3, 0.4) is 0 Å². The number of hydrogen-bond donors (Lipinski definition) is 0. The van der Waals surface area contributed by atoms with Crippen molar-refractivity contribution in [2.24, 2.45) is 5.92 Å². The number of carbonyl (C=O) groups is 2.